The lowest BCUT2D eigenvalue weighted by molar-refractivity contribution is 0.102. The summed E-state index contributed by atoms with van der Waals surface area (Å²) in [5, 5.41) is 2.84. The Morgan fingerprint density at radius 1 is 1.18 bits per heavy atom. The Kier molecular flexibility index (Phi) is 4.12. The van der Waals surface area contributed by atoms with Crippen LogP contribution in [0, 0.1) is 0 Å². The number of oxazole rings is 1. The SMILES string of the molecule is O=C(Nc1ccc2nc(N3CCOCC3)oc2c1)c1cc(C2CC2)[nH]c(=O)c1. The minimum atomic E-state index is -0.319. The van der Waals surface area contributed by atoms with E-state index in [0.29, 0.717) is 42.0 Å². The number of carbonyl (C=O) groups excluding carboxylic acids is 1. The number of morpholine rings is 1. The van der Waals surface area contributed by atoms with Gasteiger partial charge in [-0.1, -0.05) is 0 Å². The van der Waals surface area contributed by atoms with E-state index in [0.717, 1.165) is 37.1 Å². The normalized spacial score (nSPS) is 17.1. The summed E-state index contributed by atoms with van der Waals surface area (Å²) in [6.45, 7) is 2.78. The summed E-state index contributed by atoms with van der Waals surface area (Å²) in [5.74, 6) is 0.0462. The van der Waals surface area contributed by atoms with Crippen LogP contribution in [0.1, 0.15) is 34.8 Å². The van der Waals surface area contributed by atoms with Gasteiger partial charge in [-0.15, -0.1) is 0 Å². The van der Waals surface area contributed by atoms with Gasteiger partial charge in [-0.25, -0.2) is 0 Å². The summed E-state index contributed by atoms with van der Waals surface area (Å²) >= 11 is 0. The maximum absolute atomic E-state index is 12.6. The molecule has 2 N–H and O–H groups in total. The Morgan fingerprint density at radius 3 is 2.79 bits per heavy atom. The molecule has 0 spiro atoms. The molecule has 1 aliphatic heterocycles. The zero-order valence-corrected chi connectivity index (χ0v) is 15.2. The molecule has 5 rings (SSSR count). The first-order valence-electron chi connectivity index (χ1n) is 9.45. The number of anilines is 2. The van der Waals surface area contributed by atoms with Crippen molar-refractivity contribution in [1.29, 1.82) is 0 Å². The van der Waals surface area contributed by atoms with Crippen molar-refractivity contribution in [3.8, 4) is 0 Å². The molecule has 144 valence electrons. The Morgan fingerprint density at radius 2 is 2.00 bits per heavy atom. The molecule has 2 aliphatic rings. The Balaban J connectivity index is 1.37. The standard InChI is InChI=1S/C20H20N4O4/c25-18-10-13(9-16(22-18)12-1-2-12)19(26)21-14-3-4-15-17(11-14)28-20(23-15)24-5-7-27-8-6-24/h3-4,9-12H,1-2,5-8H2,(H,21,26)(H,22,25). The molecule has 8 heteroatoms. The highest BCUT2D eigenvalue weighted by Gasteiger charge is 2.25. The molecule has 0 bridgehead atoms. The summed E-state index contributed by atoms with van der Waals surface area (Å²) in [4.78, 5) is 33.8. The van der Waals surface area contributed by atoms with E-state index in [9.17, 15) is 9.59 Å². The van der Waals surface area contributed by atoms with Gasteiger partial charge >= 0.3 is 0 Å². The van der Waals surface area contributed by atoms with Crippen LogP contribution in [0.3, 0.4) is 0 Å². The van der Waals surface area contributed by atoms with Gasteiger partial charge in [-0.3, -0.25) is 9.59 Å². The fourth-order valence-corrected chi connectivity index (χ4v) is 3.39. The van der Waals surface area contributed by atoms with E-state index in [-0.39, 0.29) is 11.5 Å². The van der Waals surface area contributed by atoms with E-state index >= 15 is 0 Å². The second-order valence-electron chi connectivity index (χ2n) is 7.20. The van der Waals surface area contributed by atoms with Crippen LogP contribution < -0.4 is 15.8 Å². The van der Waals surface area contributed by atoms with Crippen molar-refractivity contribution in [3.63, 3.8) is 0 Å². The van der Waals surface area contributed by atoms with Crippen molar-refractivity contribution in [2.24, 2.45) is 0 Å². The van der Waals surface area contributed by atoms with Crippen molar-refractivity contribution < 1.29 is 13.9 Å². The number of nitrogens with zero attached hydrogens (tertiary/aromatic N) is 2. The summed E-state index contributed by atoms with van der Waals surface area (Å²) in [6, 6.07) is 8.99. The van der Waals surface area contributed by atoms with Gasteiger partial charge in [0, 0.05) is 42.2 Å². The molecule has 28 heavy (non-hydrogen) atoms. The number of benzene rings is 1. The van der Waals surface area contributed by atoms with E-state index in [2.05, 4.69) is 15.3 Å². The van der Waals surface area contributed by atoms with E-state index in [4.69, 9.17) is 9.15 Å². The smallest absolute Gasteiger partial charge is 0.298 e. The van der Waals surface area contributed by atoms with Crippen molar-refractivity contribution in [2.75, 3.05) is 36.5 Å². The predicted molar refractivity (Wildman–Crippen MR) is 104 cm³/mol. The van der Waals surface area contributed by atoms with Gasteiger partial charge in [-0.2, -0.15) is 4.98 Å². The number of hydrogen-bond acceptors (Lipinski definition) is 6. The molecule has 8 nitrogen and oxygen atoms in total. The molecule has 1 saturated carbocycles. The average Bonchev–Trinajstić information content (AvgIpc) is 3.47. The number of hydrogen-bond donors (Lipinski definition) is 2. The molecule has 1 aliphatic carbocycles. The Bertz CT molecular complexity index is 1090. The van der Waals surface area contributed by atoms with Gasteiger partial charge < -0.3 is 24.4 Å². The first-order valence-corrected chi connectivity index (χ1v) is 9.45. The largest absolute Gasteiger partial charge is 0.423 e. The van der Waals surface area contributed by atoms with Gasteiger partial charge in [0.25, 0.3) is 11.9 Å². The van der Waals surface area contributed by atoms with Crippen LogP contribution in [-0.4, -0.2) is 42.2 Å². The van der Waals surface area contributed by atoms with E-state index in [1.165, 1.54) is 6.07 Å². The number of carbonyl (C=O) groups is 1. The number of H-pyrrole nitrogens is 1. The highest BCUT2D eigenvalue weighted by Crippen LogP contribution is 2.38. The first kappa shape index (κ1) is 17.0. The van der Waals surface area contributed by atoms with Gasteiger partial charge in [0.2, 0.25) is 5.56 Å². The zero-order valence-electron chi connectivity index (χ0n) is 15.2. The summed E-state index contributed by atoms with van der Waals surface area (Å²) in [6.07, 6.45) is 2.10. The highest BCUT2D eigenvalue weighted by atomic mass is 16.5. The number of rotatable bonds is 4. The molecule has 0 atom stereocenters. The van der Waals surface area contributed by atoms with Crippen LogP contribution in [0.4, 0.5) is 11.7 Å². The lowest BCUT2D eigenvalue weighted by atomic mass is 10.1. The van der Waals surface area contributed by atoms with Crippen molar-refractivity contribution in [1.82, 2.24) is 9.97 Å². The highest BCUT2D eigenvalue weighted by molar-refractivity contribution is 6.04. The van der Waals surface area contributed by atoms with Crippen molar-refractivity contribution in [3.05, 3.63) is 51.9 Å². The quantitative estimate of drug-likeness (QED) is 0.721. The molecular weight excluding hydrogens is 360 g/mol. The molecule has 2 aromatic heterocycles. The van der Waals surface area contributed by atoms with Crippen LogP contribution >= 0.6 is 0 Å². The summed E-state index contributed by atoms with van der Waals surface area (Å²) < 4.78 is 11.2. The lowest BCUT2D eigenvalue weighted by Crippen LogP contribution is -2.36. The maximum atomic E-state index is 12.6. The molecular formula is C20H20N4O4. The van der Waals surface area contributed by atoms with Gasteiger partial charge in [-0.05, 0) is 37.0 Å². The molecule has 3 aromatic rings. The minimum absolute atomic E-state index is 0.254. The minimum Gasteiger partial charge on any atom is -0.423 e. The van der Waals surface area contributed by atoms with E-state index in [1.54, 1.807) is 18.2 Å². The first-order chi connectivity index (χ1) is 13.7. The average molecular weight is 380 g/mol. The molecule has 1 saturated heterocycles. The number of aromatic nitrogens is 2. The third-order valence-electron chi connectivity index (χ3n) is 5.06. The van der Waals surface area contributed by atoms with E-state index in [1.807, 2.05) is 11.0 Å². The molecule has 3 heterocycles. The van der Waals surface area contributed by atoms with Crippen LogP contribution in [0.5, 0.6) is 0 Å². The monoisotopic (exact) mass is 380 g/mol. The third-order valence-corrected chi connectivity index (χ3v) is 5.06. The van der Waals surface area contributed by atoms with Crippen LogP contribution in [0.25, 0.3) is 11.1 Å². The van der Waals surface area contributed by atoms with Gasteiger partial charge in [0.15, 0.2) is 5.58 Å². The lowest BCUT2D eigenvalue weighted by Gasteiger charge is -2.24. The van der Waals surface area contributed by atoms with Crippen LogP contribution in [0.2, 0.25) is 0 Å². The van der Waals surface area contributed by atoms with Gasteiger partial charge in [0.05, 0.1) is 13.2 Å². The fraction of sp³-hybridized carbons (Fsp3) is 0.350. The number of amides is 1. The second-order valence-corrected chi connectivity index (χ2v) is 7.20. The predicted octanol–water partition coefficient (Wildman–Crippen LogP) is 2.48. The third kappa shape index (κ3) is 3.38. The van der Waals surface area contributed by atoms with Crippen LogP contribution in [0.15, 0.2) is 39.5 Å². The molecule has 0 radical (unpaired) electrons. The second kappa shape index (κ2) is 6.79. The number of aromatic amines is 1. The topological polar surface area (TPSA) is 100 Å². The Labute approximate surface area is 160 Å². The Hall–Kier alpha value is -3.13. The number of pyridine rings is 1. The zero-order chi connectivity index (χ0) is 19.1. The molecule has 0 unspecified atom stereocenters. The van der Waals surface area contributed by atoms with E-state index < -0.39 is 0 Å². The molecule has 2 fully saturated rings. The van der Waals surface area contributed by atoms with Crippen molar-refractivity contribution in [2.45, 2.75) is 18.8 Å². The maximum Gasteiger partial charge on any atom is 0.298 e. The summed E-state index contributed by atoms with van der Waals surface area (Å²) in [7, 11) is 0. The fourth-order valence-electron chi connectivity index (χ4n) is 3.39. The molecule has 1 aromatic carbocycles. The summed E-state index contributed by atoms with van der Waals surface area (Å²) in [5.41, 5.74) is 2.86. The number of nitrogens with one attached hydrogen (secondary N) is 2. The van der Waals surface area contributed by atoms with Crippen LogP contribution in [-0.2, 0) is 4.74 Å². The molecule has 1 amide bonds. The number of fused-ring (bicyclic) bond motifs is 1. The van der Waals surface area contributed by atoms with Gasteiger partial charge in [0.1, 0.15) is 5.52 Å². The number of ether oxygens (including phenoxy) is 1. The van der Waals surface area contributed by atoms with Crippen molar-refractivity contribution >= 4 is 28.7 Å².